The summed E-state index contributed by atoms with van der Waals surface area (Å²) < 4.78 is 11.2. The van der Waals surface area contributed by atoms with E-state index in [0.29, 0.717) is 29.8 Å². The second-order valence-corrected chi connectivity index (χ2v) is 5.41. The van der Waals surface area contributed by atoms with E-state index in [4.69, 9.17) is 9.15 Å². The minimum absolute atomic E-state index is 0.296. The van der Waals surface area contributed by atoms with E-state index in [9.17, 15) is 0 Å². The van der Waals surface area contributed by atoms with Crippen LogP contribution in [-0.2, 0) is 6.61 Å². The first-order valence-corrected chi connectivity index (χ1v) is 7.88. The highest BCUT2D eigenvalue weighted by Crippen LogP contribution is 2.20. The van der Waals surface area contributed by atoms with Crippen molar-refractivity contribution >= 4 is 0 Å². The molecular formula is C20H15N3O2. The Hall–Kier alpha value is -3.47. The van der Waals surface area contributed by atoms with Crippen LogP contribution in [0.3, 0.4) is 0 Å². The molecule has 0 saturated heterocycles. The predicted molar refractivity (Wildman–Crippen MR) is 93.7 cm³/mol. The standard InChI is InChI=1S/C20H15N3O2/c1-3-7-15(8-4-1)19-21-11-18(12-22-19)24-13-17-14-25-20(23-17)16-9-5-2-6-10-16/h1-12,14H,13H2. The SMILES string of the molecule is c1ccc(-c2ncc(OCc3coc(-c4ccccc4)n3)cn2)cc1. The van der Waals surface area contributed by atoms with Crippen molar-refractivity contribution in [1.29, 1.82) is 0 Å². The smallest absolute Gasteiger partial charge is 0.226 e. The van der Waals surface area contributed by atoms with Crippen molar-refractivity contribution in [1.82, 2.24) is 15.0 Å². The summed E-state index contributed by atoms with van der Waals surface area (Å²) in [5.74, 6) is 1.83. The molecule has 0 aliphatic heterocycles. The highest BCUT2D eigenvalue weighted by molar-refractivity contribution is 5.54. The fraction of sp³-hybridized carbons (Fsp3) is 0.0500. The van der Waals surface area contributed by atoms with Crippen LogP contribution in [-0.4, -0.2) is 15.0 Å². The minimum Gasteiger partial charge on any atom is -0.484 e. The Balaban J connectivity index is 1.41. The van der Waals surface area contributed by atoms with Crippen LogP contribution in [0.25, 0.3) is 22.8 Å². The first kappa shape index (κ1) is 15.1. The van der Waals surface area contributed by atoms with Gasteiger partial charge in [0, 0.05) is 11.1 Å². The summed E-state index contributed by atoms with van der Waals surface area (Å²) in [6, 6.07) is 19.6. The van der Waals surface area contributed by atoms with E-state index in [1.54, 1.807) is 18.7 Å². The van der Waals surface area contributed by atoms with Gasteiger partial charge in [0.1, 0.15) is 18.6 Å². The lowest BCUT2D eigenvalue weighted by Crippen LogP contribution is -1.97. The molecule has 122 valence electrons. The number of hydrogen-bond donors (Lipinski definition) is 0. The molecule has 0 saturated carbocycles. The maximum Gasteiger partial charge on any atom is 0.226 e. The normalized spacial score (nSPS) is 10.6. The lowest BCUT2D eigenvalue weighted by atomic mass is 10.2. The van der Waals surface area contributed by atoms with Gasteiger partial charge < -0.3 is 9.15 Å². The number of hydrogen-bond acceptors (Lipinski definition) is 5. The van der Waals surface area contributed by atoms with Crippen LogP contribution in [0.2, 0.25) is 0 Å². The molecule has 0 N–H and O–H groups in total. The summed E-state index contributed by atoms with van der Waals surface area (Å²) in [6.07, 6.45) is 4.92. The van der Waals surface area contributed by atoms with E-state index in [1.807, 2.05) is 60.7 Å². The largest absolute Gasteiger partial charge is 0.484 e. The van der Waals surface area contributed by atoms with Gasteiger partial charge in [-0.1, -0.05) is 48.5 Å². The van der Waals surface area contributed by atoms with Crippen molar-refractivity contribution in [3.05, 3.63) is 85.0 Å². The van der Waals surface area contributed by atoms with Crippen molar-refractivity contribution in [2.75, 3.05) is 0 Å². The Morgan fingerprint density at radius 3 is 2.12 bits per heavy atom. The highest BCUT2D eigenvalue weighted by Gasteiger charge is 2.07. The van der Waals surface area contributed by atoms with Crippen LogP contribution in [0.15, 0.2) is 83.7 Å². The summed E-state index contributed by atoms with van der Waals surface area (Å²) in [6.45, 7) is 0.296. The maximum atomic E-state index is 5.68. The summed E-state index contributed by atoms with van der Waals surface area (Å²) in [5, 5.41) is 0. The Kier molecular flexibility index (Phi) is 4.20. The van der Waals surface area contributed by atoms with Crippen LogP contribution in [0.4, 0.5) is 0 Å². The van der Waals surface area contributed by atoms with Crippen LogP contribution in [0.1, 0.15) is 5.69 Å². The van der Waals surface area contributed by atoms with E-state index < -0.39 is 0 Å². The average Bonchev–Trinajstić information content (AvgIpc) is 3.17. The van der Waals surface area contributed by atoms with Crippen LogP contribution >= 0.6 is 0 Å². The van der Waals surface area contributed by atoms with Gasteiger partial charge in [0.05, 0.1) is 12.4 Å². The second kappa shape index (κ2) is 6.97. The summed E-state index contributed by atoms with van der Waals surface area (Å²) in [7, 11) is 0. The third-order valence-electron chi connectivity index (χ3n) is 3.62. The van der Waals surface area contributed by atoms with Gasteiger partial charge in [-0.15, -0.1) is 0 Å². The van der Waals surface area contributed by atoms with Crippen molar-refractivity contribution in [3.63, 3.8) is 0 Å². The number of nitrogens with zero attached hydrogens (tertiary/aromatic N) is 3. The van der Waals surface area contributed by atoms with Gasteiger partial charge in [-0.05, 0) is 12.1 Å². The molecule has 0 amide bonds. The quantitative estimate of drug-likeness (QED) is 0.544. The zero-order valence-electron chi connectivity index (χ0n) is 13.4. The number of rotatable bonds is 5. The molecule has 5 heteroatoms. The molecule has 0 aliphatic carbocycles. The first-order valence-electron chi connectivity index (χ1n) is 7.88. The molecule has 4 rings (SSSR count). The Morgan fingerprint density at radius 1 is 0.800 bits per heavy atom. The van der Waals surface area contributed by atoms with E-state index >= 15 is 0 Å². The van der Waals surface area contributed by atoms with Crippen LogP contribution < -0.4 is 4.74 Å². The molecule has 0 fully saturated rings. The van der Waals surface area contributed by atoms with Gasteiger partial charge in [0.2, 0.25) is 5.89 Å². The number of aromatic nitrogens is 3. The molecule has 25 heavy (non-hydrogen) atoms. The zero-order chi connectivity index (χ0) is 16.9. The molecule has 0 unspecified atom stereocenters. The molecule has 5 nitrogen and oxygen atoms in total. The second-order valence-electron chi connectivity index (χ2n) is 5.41. The Bertz CT molecular complexity index is 936. The van der Waals surface area contributed by atoms with Crippen LogP contribution in [0, 0.1) is 0 Å². The lowest BCUT2D eigenvalue weighted by molar-refractivity contribution is 0.298. The fourth-order valence-corrected chi connectivity index (χ4v) is 2.37. The molecule has 0 radical (unpaired) electrons. The van der Waals surface area contributed by atoms with E-state index in [1.165, 1.54) is 0 Å². The van der Waals surface area contributed by atoms with Gasteiger partial charge in [-0.25, -0.2) is 15.0 Å². The van der Waals surface area contributed by atoms with Gasteiger partial charge in [0.25, 0.3) is 0 Å². The third kappa shape index (κ3) is 3.55. The molecule has 2 aromatic carbocycles. The fourth-order valence-electron chi connectivity index (χ4n) is 2.37. The zero-order valence-corrected chi connectivity index (χ0v) is 13.4. The van der Waals surface area contributed by atoms with Crippen LogP contribution in [0.5, 0.6) is 5.75 Å². The van der Waals surface area contributed by atoms with E-state index in [0.717, 1.165) is 11.1 Å². The molecule has 2 heterocycles. The van der Waals surface area contributed by atoms with Crippen molar-refractivity contribution in [3.8, 4) is 28.6 Å². The first-order chi connectivity index (χ1) is 12.4. The van der Waals surface area contributed by atoms with Gasteiger partial charge in [0.15, 0.2) is 11.6 Å². The molecule has 0 bridgehead atoms. The third-order valence-corrected chi connectivity index (χ3v) is 3.62. The summed E-state index contributed by atoms with van der Waals surface area (Å²) in [5.41, 5.74) is 2.62. The average molecular weight is 329 g/mol. The van der Waals surface area contributed by atoms with Crippen molar-refractivity contribution in [2.45, 2.75) is 6.61 Å². The minimum atomic E-state index is 0.296. The summed E-state index contributed by atoms with van der Waals surface area (Å²) in [4.78, 5) is 13.1. The monoisotopic (exact) mass is 329 g/mol. The predicted octanol–water partition coefficient (Wildman–Crippen LogP) is 4.38. The summed E-state index contributed by atoms with van der Waals surface area (Å²) >= 11 is 0. The Labute approximate surface area is 145 Å². The van der Waals surface area contributed by atoms with Crippen molar-refractivity contribution in [2.24, 2.45) is 0 Å². The number of benzene rings is 2. The number of oxazole rings is 1. The van der Waals surface area contributed by atoms with E-state index in [2.05, 4.69) is 15.0 Å². The molecule has 0 aliphatic rings. The molecule has 4 aromatic rings. The topological polar surface area (TPSA) is 61.0 Å². The van der Waals surface area contributed by atoms with Crippen molar-refractivity contribution < 1.29 is 9.15 Å². The van der Waals surface area contributed by atoms with Gasteiger partial charge >= 0.3 is 0 Å². The van der Waals surface area contributed by atoms with Gasteiger partial charge in [-0.3, -0.25) is 0 Å². The molecular weight excluding hydrogens is 314 g/mol. The molecule has 0 spiro atoms. The molecule has 2 aromatic heterocycles. The van der Waals surface area contributed by atoms with Gasteiger partial charge in [-0.2, -0.15) is 0 Å². The highest BCUT2D eigenvalue weighted by atomic mass is 16.5. The Morgan fingerprint density at radius 2 is 1.44 bits per heavy atom. The maximum absolute atomic E-state index is 5.68. The van der Waals surface area contributed by atoms with E-state index in [-0.39, 0.29) is 0 Å². The molecule has 0 atom stereocenters. The lowest BCUT2D eigenvalue weighted by Gasteiger charge is -2.04. The number of ether oxygens (including phenoxy) is 1.